The Morgan fingerprint density at radius 3 is 2.41 bits per heavy atom. The first-order valence-electron chi connectivity index (χ1n) is 10.2. The van der Waals surface area contributed by atoms with Crippen LogP contribution >= 0.6 is 27.5 Å². The Kier molecular flexibility index (Phi) is 8.35. The largest absolute Gasteiger partial charge is 0.377 e. The van der Waals surface area contributed by atoms with Crippen molar-refractivity contribution in [2.45, 2.75) is 11.8 Å². The van der Waals surface area contributed by atoms with Gasteiger partial charge in [-0.25, -0.2) is 13.8 Å². The van der Waals surface area contributed by atoms with Gasteiger partial charge in [0.15, 0.2) is 0 Å². The molecule has 7 nitrogen and oxygen atoms in total. The van der Waals surface area contributed by atoms with Crippen molar-refractivity contribution in [3.8, 4) is 0 Å². The van der Waals surface area contributed by atoms with Crippen LogP contribution in [0.25, 0.3) is 0 Å². The van der Waals surface area contributed by atoms with E-state index in [4.69, 9.17) is 11.6 Å². The molecule has 0 heterocycles. The van der Waals surface area contributed by atoms with Gasteiger partial charge in [0.1, 0.15) is 6.54 Å². The van der Waals surface area contributed by atoms with Gasteiger partial charge in [-0.1, -0.05) is 41.9 Å². The molecule has 0 aromatic heterocycles. The van der Waals surface area contributed by atoms with Gasteiger partial charge in [-0.3, -0.25) is 9.10 Å². The maximum atomic E-state index is 13.3. The van der Waals surface area contributed by atoms with Gasteiger partial charge in [0.2, 0.25) is 0 Å². The number of anilines is 2. The molecular formula is C24H24BrClN4O3S. The number of carbonyl (C=O) groups excluding carboxylic acids is 1. The van der Waals surface area contributed by atoms with E-state index in [-0.39, 0.29) is 10.6 Å². The van der Waals surface area contributed by atoms with E-state index in [2.05, 4.69) is 26.5 Å². The zero-order chi connectivity index (χ0) is 24.9. The van der Waals surface area contributed by atoms with Crippen molar-refractivity contribution < 1.29 is 13.2 Å². The molecule has 10 heteroatoms. The third-order valence-corrected chi connectivity index (χ3v) is 7.75. The lowest BCUT2D eigenvalue weighted by atomic mass is 10.2. The number of amides is 1. The predicted molar refractivity (Wildman–Crippen MR) is 141 cm³/mol. The van der Waals surface area contributed by atoms with E-state index in [0.29, 0.717) is 5.02 Å². The topological polar surface area (TPSA) is 82.1 Å². The fourth-order valence-electron chi connectivity index (χ4n) is 3.08. The number of rotatable bonds is 8. The molecule has 0 aliphatic carbocycles. The smallest absolute Gasteiger partial charge is 0.264 e. The maximum Gasteiger partial charge on any atom is 0.264 e. The van der Waals surface area contributed by atoms with Crippen LogP contribution in [-0.4, -0.2) is 41.2 Å². The average Bonchev–Trinajstić information content (AvgIpc) is 2.79. The standard InChI is InChI=1S/C24H24BrClN4O3S/c1-17-9-11-19(14-22(17)26)30(34(32,33)20-7-5-4-6-8-20)16-24(31)28-27-15-18-10-12-23(29(2)3)21(25)13-18/h4-15H,16H2,1-3H3,(H,28,31)/b27-15-. The Morgan fingerprint density at radius 2 is 1.79 bits per heavy atom. The molecule has 1 N–H and O–H groups in total. The number of nitrogens with zero attached hydrogens (tertiary/aromatic N) is 3. The average molecular weight is 564 g/mol. The minimum Gasteiger partial charge on any atom is -0.377 e. The maximum absolute atomic E-state index is 13.3. The number of nitrogens with one attached hydrogen (secondary N) is 1. The second-order valence-corrected chi connectivity index (χ2v) is 10.8. The van der Waals surface area contributed by atoms with Crippen LogP contribution in [0.15, 0.2) is 81.2 Å². The Balaban J connectivity index is 1.82. The summed E-state index contributed by atoms with van der Waals surface area (Å²) in [4.78, 5) is 14.7. The molecule has 0 radical (unpaired) electrons. The van der Waals surface area contributed by atoms with Gasteiger partial charge in [0.25, 0.3) is 15.9 Å². The molecule has 0 bridgehead atoms. The van der Waals surface area contributed by atoms with Gasteiger partial charge >= 0.3 is 0 Å². The fraction of sp³-hybridized carbons (Fsp3) is 0.167. The molecule has 3 rings (SSSR count). The molecule has 0 saturated heterocycles. The molecule has 3 aromatic rings. The number of hydrazone groups is 1. The zero-order valence-corrected chi connectivity index (χ0v) is 22.0. The summed E-state index contributed by atoms with van der Waals surface area (Å²) in [5.74, 6) is -0.601. The third kappa shape index (κ3) is 6.16. The molecule has 0 atom stereocenters. The number of sulfonamides is 1. The third-order valence-electron chi connectivity index (χ3n) is 4.92. The van der Waals surface area contributed by atoms with E-state index in [1.807, 2.05) is 44.1 Å². The Morgan fingerprint density at radius 1 is 1.09 bits per heavy atom. The molecule has 178 valence electrons. The van der Waals surface area contributed by atoms with Gasteiger partial charge in [0, 0.05) is 23.6 Å². The van der Waals surface area contributed by atoms with Crippen LogP contribution in [0.3, 0.4) is 0 Å². The summed E-state index contributed by atoms with van der Waals surface area (Å²) in [7, 11) is -0.153. The second kappa shape index (κ2) is 11.0. The number of hydrogen-bond donors (Lipinski definition) is 1. The first-order chi connectivity index (χ1) is 16.1. The molecule has 0 aliphatic rings. The summed E-state index contributed by atoms with van der Waals surface area (Å²) >= 11 is 9.74. The van der Waals surface area contributed by atoms with Gasteiger partial charge in [-0.05, 0) is 70.4 Å². The highest BCUT2D eigenvalue weighted by atomic mass is 79.9. The molecule has 0 spiro atoms. The van der Waals surface area contributed by atoms with Crippen LogP contribution in [-0.2, 0) is 14.8 Å². The van der Waals surface area contributed by atoms with Crippen LogP contribution in [0.5, 0.6) is 0 Å². The van der Waals surface area contributed by atoms with E-state index in [0.717, 1.165) is 25.6 Å². The van der Waals surface area contributed by atoms with Crippen molar-refractivity contribution >= 4 is 61.1 Å². The van der Waals surface area contributed by atoms with Crippen molar-refractivity contribution in [2.24, 2.45) is 5.10 Å². The zero-order valence-electron chi connectivity index (χ0n) is 18.9. The van der Waals surface area contributed by atoms with Crippen molar-refractivity contribution in [3.05, 3.63) is 87.4 Å². The quantitative estimate of drug-likeness (QED) is 0.315. The van der Waals surface area contributed by atoms with Crippen LogP contribution < -0.4 is 14.6 Å². The van der Waals surface area contributed by atoms with E-state index >= 15 is 0 Å². The van der Waals surface area contributed by atoms with Crippen LogP contribution in [0, 0.1) is 6.92 Å². The minimum atomic E-state index is -4.02. The van der Waals surface area contributed by atoms with E-state index in [1.54, 1.807) is 30.3 Å². The Labute approximate surface area is 213 Å². The first kappa shape index (κ1) is 25.7. The highest BCUT2D eigenvalue weighted by Gasteiger charge is 2.27. The highest BCUT2D eigenvalue weighted by molar-refractivity contribution is 9.10. The van der Waals surface area contributed by atoms with Gasteiger partial charge in [0.05, 0.1) is 22.5 Å². The van der Waals surface area contributed by atoms with Crippen molar-refractivity contribution in [3.63, 3.8) is 0 Å². The van der Waals surface area contributed by atoms with Gasteiger partial charge in [-0.15, -0.1) is 0 Å². The van der Waals surface area contributed by atoms with Crippen molar-refractivity contribution in [2.75, 3.05) is 29.8 Å². The molecule has 0 saturated carbocycles. The SMILES string of the molecule is Cc1ccc(N(CC(=O)N/N=C\c2ccc(N(C)C)c(Br)c2)S(=O)(=O)c2ccccc2)cc1Cl. The first-order valence-corrected chi connectivity index (χ1v) is 12.8. The van der Waals surface area contributed by atoms with E-state index in [9.17, 15) is 13.2 Å². The second-order valence-electron chi connectivity index (χ2n) is 7.66. The fourth-order valence-corrected chi connectivity index (χ4v) is 5.44. The minimum absolute atomic E-state index is 0.0637. The van der Waals surface area contributed by atoms with Gasteiger partial charge < -0.3 is 4.90 Å². The lowest BCUT2D eigenvalue weighted by molar-refractivity contribution is -0.119. The molecule has 3 aromatic carbocycles. The van der Waals surface area contributed by atoms with Crippen molar-refractivity contribution in [1.82, 2.24) is 5.43 Å². The lowest BCUT2D eigenvalue weighted by Crippen LogP contribution is -2.39. The predicted octanol–water partition coefficient (Wildman–Crippen LogP) is 4.82. The molecule has 1 amide bonds. The summed E-state index contributed by atoms with van der Waals surface area (Å²) in [6.07, 6.45) is 1.49. The van der Waals surface area contributed by atoms with Crippen LogP contribution in [0.4, 0.5) is 11.4 Å². The number of hydrogen-bond acceptors (Lipinski definition) is 5. The Hall–Kier alpha value is -2.88. The van der Waals surface area contributed by atoms with Crippen molar-refractivity contribution in [1.29, 1.82) is 0 Å². The number of halogens is 2. The van der Waals surface area contributed by atoms with E-state index in [1.165, 1.54) is 24.4 Å². The summed E-state index contributed by atoms with van der Waals surface area (Å²) in [5, 5.41) is 4.38. The van der Waals surface area contributed by atoms with Crippen LogP contribution in [0.1, 0.15) is 11.1 Å². The number of carbonyl (C=O) groups is 1. The summed E-state index contributed by atoms with van der Waals surface area (Å²) in [6, 6.07) is 18.4. The molecule has 0 fully saturated rings. The number of aryl methyl sites for hydroxylation is 1. The molecular weight excluding hydrogens is 540 g/mol. The monoisotopic (exact) mass is 562 g/mol. The summed E-state index contributed by atoms with van der Waals surface area (Å²) in [6.45, 7) is 1.34. The molecule has 34 heavy (non-hydrogen) atoms. The summed E-state index contributed by atoms with van der Waals surface area (Å²) in [5.41, 5.74) is 5.24. The van der Waals surface area contributed by atoms with Crippen LogP contribution in [0.2, 0.25) is 5.02 Å². The summed E-state index contributed by atoms with van der Waals surface area (Å²) < 4.78 is 28.6. The molecule has 0 unspecified atom stereocenters. The van der Waals surface area contributed by atoms with E-state index < -0.39 is 22.5 Å². The van der Waals surface area contributed by atoms with Gasteiger partial charge in [-0.2, -0.15) is 5.10 Å². The normalized spacial score (nSPS) is 11.4. The lowest BCUT2D eigenvalue weighted by Gasteiger charge is -2.24. The Bertz CT molecular complexity index is 1320. The number of benzene rings is 3. The molecule has 0 aliphatic heterocycles. The highest BCUT2D eigenvalue weighted by Crippen LogP contribution is 2.28.